The molecule has 3 amide bonds. The smallest absolute Gasteiger partial charge is 0.272 e. The summed E-state index contributed by atoms with van der Waals surface area (Å²) in [4.78, 5) is 40.4. The molecule has 0 aliphatic carbocycles. The number of carbonyl (C=O) groups is 3. The maximum absolute atomic E-state index is 13.4. The van der Waals surface area contributed by atoms with Crippen molar-refractivity contribution >= 4 is 69.3 Å². The highest BCUT2D eigenvalue weighted by Crippen LogP contribution is 2.37. The zero-order valence-corrected chi connectivity index (χ0v) is 25.7. The first-order valence-corrected chi connectivity index (χ1v) is 15.5. The molecule has 0 saturated heterocycles. The number of benzene rings is 4. The summed E-state index contributed by atoms with van der Waals surface area (Å²) in [6, 6.07) is 32.2. The van der Waals surface area contributed by atoms with Gasteiger partial charge in [0.05, 0.1) is 0 Å². The number of hydrogen-bond acceptors (Lipinski definition) is 7. The minimum absolute atomic E-state index is 0.0624. The number of rotatable bonds is 10. The molecule has 3 N–H and O–H groups in total. The number of aromatic nitrogens is 2. The molecule has 4 aromatic carbocycles. The summed E-state index contributed by atoms with van der Waals surface area (Å²) >= 11 is 8.70. The van der Waals surface area contributed by atoms with Gasteiger partial charge in [0, 0.05) is 21.2 Å². The third-order valence-electron chi connectivity index (χ3n) is 6.17. The lowest BCUT2D eigenvalue weighted by molar-refractivity contribution is -0.116. The van der Waals surface area contributed by atoms with Crippen LogP contribution in [0.2, 0.25) is 5.02 Å². The highest BCUT2D eigenvalue weighted by molar-refractivity contribution is 8.00. The Morgan fingerprint density at radius 2 is 1.48 bits per heavy atom. The lowest BCUT2D eigenvalue weighted by atomic mass is 10.1. The first kappa shape index (κ1) is 30.7. The third-order valence-corrected chi connectivity index (χ3v) is 8.44. The van der Waals surface area contributed by atoms with E-state index in [1.165, 1.54) is 23.1 Å². The van der Waals surface area contributed by atoms with Gasteiger partial charge in [0.2, 0.25) is 11.0 Å². The highest BCUT2D eigenvalue weighted by atomic mass is 35.5. The van der Waals surface area contributed by atoms with Crippen LogP contribution in [-0.4, -0.2) is 27.9 Å². The Morgan fingerprint density at radius 3 is 2.11 bits per heavy atom. The normalized spacial score (nSPS) is 11.8. The average Bonchev–Trinajstić information content (AvgIpc) is 3.46. The minimum atomic E-state index is -0.553. The summed E-state index contributed by atoms with van der Waals surface area (Å²) in [6.07, 6.45) is 1.58. The van der Waals surface area contributed by atoms with Crippen molar-refractivity contribution in [3.05, 3.63) is 142 Å². The molecule has 0 aliphatic heterocycles. The van der Waals surface area contributed by atoms with E-state index in [0.29, 0.717) is 27.0 Å². The SMILES string of the molecule is Cc1nnc(NC(=O)C(Sc2ccc(NC(=O)/C(=C/c3ccc(Cl)cc3)NC(=O)c3ccccc3)cc2)c2ccccc2)s1. The number of thioether (sulfide) groups is 1. The number of aryl methyl sites for hydroxylation is 1. The van der Waals surface area contributed by atoms with Crippen LogP contribution in [0.1, 0.15) is 31.7 Å². The molecule has 0 fully saturated rings. The van der Waals surface area contributed by atoms with Crippen molar-refractivity contribution in [2.45, 2.75) is 17.1 Å². The molecule has 1 aromatic heterocycles. The summed E-state index contributed by atoms with van der Waals surface area (Å²) in [5.74, 6) is -1.14. The molecule has 0 radical (unpaired) electrons. The van der Waals surface area contributed by atoms with Gasteiger partial charge < -0.3 is 10.6 Å². The van der Waals surface area contributed by atoms with Crippen LogP contribution in [0.5, 0.6) is 0 Å². The first-order valence-electron chi connectivity index (χ1n) is 13.4. The molecule has 0 spiro atoms. The maximum atomic E-state index is 13.4. The molecule has 1 unspecified atom stereocenters. The van der Waals surface area contributed by atoms with Gasteiger partial charge in [0.15, 0.2) is 0 Å². The van der Waals surface area contributed by atoms with Crippen molar-refractivity contribution in [3.8, 4) is 0 Å². The van der Waals surface area contributed by atoms with Crippen LogP contribution < -0.4 is 16.0 Å². The van der Waals surface area contributed by atoms with E-state index < -0.39 is 17.1 Å². The molecule has 0 aliphatic rings. The summed E-state index contributed by atoms with van der Waals surface area (Å²) in [6.45, 7) is 1.82. The fourth-order valence-corrected chi connectivity index (χ4v) is 5.78. The van der Waals surface area contributed by atoms with Crippen molar-refractivity contribution in [1.82, 2.24) is 15.5 Å². The molecule has 0 bridgehead atoms. The van der Waals surface area contributed by atoms with Crippen LogP contribution in [-0.2, 0) is 9.59 Å². The number of anilines is 2. The van der Waals surface area contributed by atoms with Crippen molar-refractivity contribution in [3.63, 3.8) is 0 Å². The standard InChI is InChI=1S/C33H26ClN5O3S2/c1-21-38-39-33(43-21)37-32(42)29(23-8-4-2-5-9-23)44-27-18-16-26(17-19-27)35-31(41)28(20-22-12-14-25(34)15-13-22)36-30(40)24-10-6-3-7-11-24/h2-20,29H,1H3,(H,35,41)(H,36,40)(H,37,39,42)/b28-20-. The van der Waals surface area contributed by atoms with Crippen LogP contribution in [0, 0.1) is 6.92 Å². The number of nitrogens with one attached hydrogen (secondary N) is 3. The number of hydrogen-bond donors (Lipinski definition) is 3. The number of nitrogens with zero attached hydrogens (tertiary/aromatic N) is 2. The van der Waals surface area contributed by atoms with Gasteiger partial charge in [-0.2, -0.15) is 0 Å². The molecule has 8 nitrogen and oxygen atoms in total. The van der Waals surface area contributed by atoms with Gasteiger partial charge in [-0.25, -0.2) is 0 Å². The largest absolute Gasteiger partial charge is 0.321 e. The fourth-order valence-electron chi connectivity index (χ4n) is 4.04. The van der Waals surface area contributed by atoms with Gasteiger partial charge in [-0.3, -0.25) is 19.7 Å². The summed E-state index contributed by atoms with van der Waals surface area (Å²) in [7, 11) is 0. The third kappa shape index (κ3) is 8.41. The van der Waals surface area contributed by atoms with Gasteiger partial charge in [-0.1, -0.05) is 83.6 Å². The van der Waals surface area contributed by atoms with Crippen LogP contribution in [0.3, 0.4) is 0 Å². The van der Waals surface area contributed by atoms with Crippen LogP contribution in [0.4, 0.5) is 10.8 Å². The molecule has 1 atom stereocenters. The zero-order chi connectivity index (χ0) is 30.9. The number of carbonyl (C=O) groups excluding carboxylic acids is 3. The van der Waals surface area contributed by atoms with Gasteiger partial charge >= 0.3 is 0 Å². The molecule has 5 aromatic rings. The Kier molecular flexibility index (Phi) is 10.2. The second kappa shape index (κ2) is 14.6. The molecular weight excluding hydrogens is 614 g/mol. The summed E-state index contributed by atoms with van der Waals surface area (Å²) in [5.41, 5.74) is 2.52. The van der Waals surface area contributed by atoms with Crippen LogP contribution in [0.15, 0.2) is 120 Å². The van der Waals surface area contributed by atoms with E-state index in [0.717, 1.165) is 15.5 Å². The van der Waals surface area contributed by atoms with E-state index in [-0.39, 0.29) is 11.6 Å². The predicted molar refractivity (Wildman–Crippen MR) is 177 cm³/mol. The van der Waals surface area contributed by atoms with E-state index in [1.54, 1.807) is 66.7 Å². The molecule has 5 rings (SSSR count). The molecular formula is C33H26ClN5O3S2. The Balaban J connectivity index is 1.32. The van der Waals surface area contributed by atoms with Crippen molar-refractivity contribution in [1.29, 1.82) is 0 Å². The second-order valence-electron chi connectivity index (χ2n) is 9.43. The Hall–Kier alpha value is -4.77. The number of amides is 3. The molecule has 1 heterocycles. The van der Waals surface area contributed by atoms with E-state index in [1.807, 2.05) is 55.5 Å². The maximum Gasteiger partial charge on any atom is 0.272 e. The summed E-state index contributed by atoms with van der Waals surface area (Å²) in [5, 5.41) is 17.6. The Morgan fingerprint density at radius 1 is 0.818 bits per heavy atom. The molecule has 220 valence electrons. The van der Waals surface area contributed by atoms with E-state index in [2.05, 4.69) is 26.1 Å². The molecule has 0 saturated carbocycles. The Bertz CT molecular complexity index is 1780. The zero-order valence-electron chi connectivity index (χ0n) is 23.4. The van der Waals surface area contributed by atoms with Crippen molar-refractivity contribution in [2.75, 3.05) is 10.6 Å². The lowest BCUT2D eigenvalue weighted by Gasteiger charge is -2.16. The minimum Gasteiger partial charge on any atom is -0.321 e. The quantitative estimate of drug-likeness (QED) is 0.109. The lowest BCUT2D eigenvalue weighted by Crippen LogP contribution is -2.30. The van der Waals surface area contributed by atoms with E-state index in [4.69, 9.17) is 11.6 Å². The fraction of sp³-hybridized carbons (Fsp3) is 0.0606. The monoisotopic (exact) mass is 639 g/mol. The summed E-state index contributed by atoms with van der Waals surface area (Å²) < 4.78 is 0. The number of halogens is 1. The van der Waals surface area contributed by atoms with Crippen LogP contribution >= 0.6 is 34.7 Å². The first-order chi connectivity index (χ1) is 21.3. The topological polar surface area (TPSA) is 113 Å². The molecule has 44 heavy (non-hydrogen) atoms. The molecule has 11 heteroatoms. The predicted octanol–water partition coefficient (Wildman–Crippen LogP) is 7.38. The van der Waals surface area contributed by atoms with E-state index >= 15 is 0 Å². The van der Waals surface area contributed by atoms with Crippen LogP contribution in [0.25, 0.3) is 6.08 Å². The van der Waals surface area contributed by atoms with E-state index in [9.17, 15) is 14.4 Å². The second-order valence-corrected chi connectivity index (χ2v) is 12.2. The van der Waals surface area contributed by atoms with Gasteiger partial charge in [0.1, 0.15) is 16.0 Å². The van der Waals surface area contributed by atoms with Gasteiger partial charge in [-0.05, 0) is 72.7 Å². The van der Waals surface area contributed by atoms with Gasteiger partial charge in [-0.15, -0.1) is 22.0 Å². The Labute approximate surface area is 267 Å². The van der Waals surface area contributed by atoms with Gasteiger partial charge in [0.25, 0.3) is 11.8 Å². The highest BCUT2D eigenvalue weighted by Gasteiger charge is 2.23. The average molecular weight is 640 g/mol. The van der Waals surface area contributed by atoms with Crippen molar-refractivity contribution < 1.29 is 14.4 Å². The van der Waals surface area contributed by atoms with Crippen molar-refractivity contribution in [2.24, 2.45) is 0 Å².